The van der Waals surface area contributed by atoms with Gasteiger partial charge in [0.25, 0.3) is 5.69 Å². The molecule has 1 aromatic rings. The second kappa shape index (κ2) is 6.17. The van der Waals surface area contributed by atoms with E-state index in [1.807, 2.05) is 20.9 Å². The summed E-state index contributed by atoms with van der Waals surface area (Å²) in [5.74, 6) is -0.766. The largest absolute Gasteiger partial charge is 0.363 e. The fourth-order valence-corrected chi connectivity index (χ4v) is 2.67. The molecule has 8 nitrogen and oxygen atoms in total. The molecule has 0 bridgehead atoms. The van der Waals surface area contributed by atoms with E-state index in [0.29, 0.717) is 13.1 Å². The molecule has 1 fully saturated rings. The molecule has 1 aromatic carbocycles. The highest BCUT2D eigenvalue weighted by Gasteiger charge is 2.31. The maximum atomic E-state index is 14.0. The lowest BCUT2D eigenvalue weighted by Gasteiger charge is -2.43. The molecule has 1 aliphatic heterocycles. The summed E-state index contributed by atoms with van der Waals surface area (Å²) in [6.07, 6.45) is 0. The number of azide groups is 1. The molecule has 0 spiro atoms. The van der Waals surface area contributed by atoms with Gasteiger partial charge in [0, 0.05) is 42.2 Å². The minimum atomic E-state index is -0.766. The van der Waals surface area contributed by atoms with Crippen LogP contribution in [-0.2, 0) is 0 Å². The van der Waals surface area contributed by atoms with Crippen LogP contribution in [0.5, 0.6) is 0 Å². The molecule has 118 valence electrons. The van der Waals surface area contributed by atoms with Crippen LogP contribution in [0.4, 0.5) is 21.5 Å². The van der Waals surface area contributed by atoms with Gasteiger partial charge in [-0.15, -0.1) is 0 Å². The molecule has 0 aliphatic carbocycles. The van der Waals surface area contributed by atoms with E-state index in [1.54, 1.807) is 4.90 Å². The van der Waals surface area contributed by atoms with Crippen LogP contribution in [0.2, 0.25) is 0 Å². The van der Waals surface area contributed by atoms with Crippen LogP contribution in [0.3, 0.4) is 0 Å². The Morgan fingerprint density at radius 3 is 2.50 bits per heavy atom. The number of nitro benzene ring substituents is 1. The topological polar surface area (TPSA) is 98.4 Å². The van der Waals surface area contributed by atoms with E-state index in [9.17, 15) is 14.5 Å². The van der Waals surface area contributed by atoms with E-state index in [1.165, 1.54) is 0 Å². The predicted molar refractivity (Wildman–Crippen MR) is 80.8 cm³/mol. The fraction of sp³-hybridized carbons (Fsp3) is 0.538. The first-order valence-corrected chi connectivity index (χ1v) is 6.85. The molecule has 0 saturated carbocycles. The Morgan fingerprint density at radius 1 is 1.41 bits per heavy atom. The summed E-state index contributed by atoms with van der Waals surface area (Å²) in [7, 11) is 1.99. The van der Waals surface area contributed by atoms with Gasteiger partial charge in [0.15, 0.2) is 0 Å². The van der Waals surface area contributed by atoms with Crippen LogP contribution in [0.15, 0.2) is 17.2 Å². The van der Waals surface area contributed by atoms with Crippen molar-refractivity contribution in [2.24, 2.45) is 5.11 Å². The predicted octanol–water partition coefficient (Wildman–Crippen LogP) is 3.20. The maximum absolute atomic E-state index is 14.0. The summed E-state index contributed by atoms with van der Waals surface area (Å²) in [5.41, 5.74) is 7.99. The Labute approximate surface area is 126 Å². The Kier molecular flexibility index (Phi) is 4.48. The Morgan fingerprint density at radius 2 is 2.00 bits per heavy atom. The van der Waals surface area contributed by atoms with Gasteiger partial charge in [-0.25, -0.2) is 4.39 Å². The number of nitro groups is 1. The molecular weight excluding hydrogens is 291 g/mol. The number of hydrogen-bond acceptors (Lipinski definition) is 5. The van der Waals surface area contributed by atoms with Crippen molar-refractivity contribution in [2.75, 3.05) is 25.0 Å². The average Bonchev–Trinajstić information content (AvgIpc) is 2.46. The number of benzene rings is 1. The van der Waals surface area contributed by atoms with E-state index in [0.717, 1.165) is 12.1 Å². The zero-order valence-corrected chi connectivity index (χ0v) is 12.6. The van der Waals surface area contributed by atoms with Crippen molar-refractivity contribution in [3.63, 3.8) is 0 Å². The molecule has 9 heteroatoms. The molecule has 22 heavy (non-hydrogen) atoms. The van der Waals surface area contributed by atoms with Gasteiger partial charge in [0.2, 0.25) is 0 Å². The molecule has 1 saturated heterocycles. The van der Waals surface area contributed by atoms with Gasteiger partial charge in [0.05, 0.1) is 10.6 Å². The standard InChI is InChI=1S/C13H17FN6O2/c1-8-6-19(7-9(2)18(8)3)12-4-10(14)11(16-17-15)5-13(12)20(21)22/h4-5,8-9H,6-7H2,1-3H3/t8-,9+. The lowest BCUT2D eigenvalue weighted by molar-refractivity contribution is -0.384. The number of halogens is 1. The van der Waals surface area contributed by atoms with Crippen molar-refractivity contribution in [1.82, 2.24) is 4.90 Å². The van der Waals surface area contributed by atoms with Gasteiger partial charge in [-0.2, -0.15) is 0 Å². The molecule has 1 aliphatic rings. The third kappa shape index (κ3) is 2.95. The van der Waals surface area contributed by atoms with Crippen LogP contribution < -0.4 is 4.90 Å². The normalized spacial score (nSPS) is 22.3. The lowest BCUT2D eigenvalue weighted by Crippen LogP contribution is -2.55. The number of likely N-dealkylation sites (N-methyl/N-ethyl adjacent to an activating group) is 1. The van der Waals surface area contributed by atoms with E-state index in [-0.39, 0.29) is 29.1 Å². The summed E-state index contributed by atoms with van der Waals surface area (Å²) >= 11 is 0. The van der Waals surface area contributed by atoms with Crippen LogP contribution in [0, 0.1) is 15.9 Å². The third-order valence-corrected chi connectivity index (χ3v) is 4.09. The quantitative estimate of drug-likeness (QED) is 0.281. The molecular formula is C13H17FN6O2. The SMILES string of the molecule is C[C@@H]1CN(c2cc(F)c(N=[N+]=[N-])cc2[N+](=O)[O-])C[C@H](C)N1C. The molecule has 1 heterocycles. The summed E-state index contributed by atoms with van der Waals surface area (Å²) < 4.78 is 14.0. The second-order valence-corrected chi connectivity index (χ2v) is 5.51. The first-order valence-electron chi connectivity index (χ1n) is 6.85. The highest BCUT2D eigenvalue weighted by atomic mass is 19.1. The summed E-state index contributed by atoms with van der Waals surface area (Å²) in [5, 5.41) is 14.4. The van der Waals surface area contributed by atoms with E-state index >= 15 is 0 Å². The van der Waals surface area contributed by atoms with Gasteiger partial charge >= 0.3 is 0 Å². The minimum absolute atomic E-state index is 0.184. The number of anilines is 1. The van der Waals surface area contributed by atoms with Gasteiger partial charge in [-0.3, -0.25) is 15.0 Å². The first-order chi connectivity index (χ1) is 10.3. The lowest BCUT2D eigenvalue weighted by atomic mass is 10.1. The molecule has 0 radical (unpaired) electrons. The Balaban J connectivity index is 2.48. The van der Waals surface area contributed by atoms with Crippen LogP contribution in [-0.4, -0.2) is 42.0 Å². The van der Waals surface area contributed by atoms with Crippen molar-refractivity contribution in [3.8, 4) is 0 Å². The summed E-state index contributed by atoms with van der Waals surface area (Å²) in [6.45, 7) is 5.14. The van der Waals surface area contributed by atoms with Crippen molar-refractivity contribution >= 4 is 17.1 Å². The smallest absolute Gasteiger partial charge is 0.293 e. The van der Waals surface area contributed by atoms with Crippen molar-refractivity contribution < 1.29 is 9.31 Å². The van der Waals surface area contributed by atoms with E-state index in [2.05, 4.69) is 14.9 Å². The van der Waals surface area contributed by atoms with Crippen LogP contribution >= 0.6 is 0 Å². The minimum Gasteiger partial charge on any atom is -0.363 e. The molecule has 2 atom stereocenters. The number of piperazine rings is 1. The highest BCUT2D eigenvalue weighted by Crippen LogP contribution is 2.36. The van der Waals surface area contributed by atoms with Crippen LogP contribution in [0.1, 0.15) is 13.8 Å². The Hall–Kier alpha value is -2.38. The van der Waals surface area contributed by atoms with Gasteiger partial charge in [-0.05, 0) is 26.4 Å². The van der Waals surface area contributed by atoms with E-state index in [4.69, 9.17) is 5.53 Å². The maximum Gasteiger partial charge on any atom is 0.293 e. The average molecular weight is 308 g/mol. The van der Waals surface area contributed by atoms with Gasteiger partial charge < -0.3 is 4.90 Å². The first kappa shape index (κ1) is 16.0. The third-order valence-electron chi connectivity index (χ3n) is 4.09. The zero-order chi connectivity index (χ0) is 16.4. The molecule has 2 rings (SSSR count). The van der Waals surface area contributed by atoms with Crippen LogP contribution in [0.25, 0.3) is 10.4 Å². The molecule has 0 amide bonds. The van der Waals surface area contributed by atoms with Gasteiger partial charge in [-0.1, -0.05) is 5.11 Å². The molecule has 0 aromatic heterocycles. The zero-order valence-electron chi connectivity index (χ0n) is 12.6. The van der Waals surface area contributed by atoms with Crippen molar-refractivity contribution in [2.45, 2.75) is 25.9 Å². The van der Waals surface area contributed by atoms with Crippen molar-refractivity contribution in [3.05, 3.63) is 38.5 Å². The summed E-state index contributed by atoms with van der Waals surface area (Å²) in [4.78, 5) is 17.1. The monoisotopic (exact) mass is 308 g/mol. The Bertz CT molecular complexity index is 634. The fourth-order valence-electron chi connectivity index (χ4n) is 2.67. The number of nitrogens with zero attached hydrogens (tertiary/aromatic N) is 6. The molecule has 0 N–H and O–H groups in total. The highest BCUT2D eigenvalue weighted by molar-refractivity contribution is 5.68. The van der Waals surface area contributed by atoms with Gasteiger partial charge in [0.1, 0.15) is 11.5 Å². The second-order valence-electron chi connectivity index (χ2n) is 5.51. The number of hydrogen-bond donors (Lipinski definition) is 0. The summed E-state index contributed by atoms with van der Waals surface area (Å²) in [6, 6.07) is 2.43. The molecule has 0 unspecified atom stereocenters. The number of rotatable bonds is 3. The van der Waals surface area contributed by atoms with Crippen molar-refractivity contribution in [1.29, 1.82) is 0 Å². The van der Waals surface area contributed by atoms with E-state index < -0.39 is 10.7 Å².